The maximum atomic E-state index is 2.75. The normalized spacial score (nSPS) is 26.5. The third-order valence-electron chi connectivity index (χ3n) is 7.37. The minimum absolute atomic E-state index is 0.293. The molecule has 29 heavy (non-hydrogen) atoms. The Labute approximate surface area is 188 Å². The minimum Gasteiger partial charge on any atom is -0.303 e. The highest BCUT2D eigenvalue weighted by Crippen LogP contribution is 2.37. The second kappa shape index (κ2) is 12.5. The summed E-state index contributed by atoms with van der Waals surface area (Å²) in [6, 6.07) is 0. The van der Waals surface area contributed by atoms with E-state index in [4.69, 9.17) is 0 Å². The molecule has 5 heteroatoms. The highest BCUT2D eigenvalue weighted by Gasteiger charge is 2.31. The summed E-state index contributed by atoms with van der Waals surface area (Å²) in [6.45, 7) is 18.3. The number of likely N-dealkylation sites (tertiary alicyclic amines) is 2. The van der Waals surface area contributed by atoms with Gasteiger partial charge in [-0.2, -0.15) is 0 Å². The zero-order chi connectivity index (χ0) is 20.6. The average Bonchev–Trinajstić information content (AvgIpc) is 3.19. The summed E-state index contributed by atoms with van der Waals surface area (Å²) in [5.41, 5.74) is 0. The van der Waals surface area contributed by atoms with Crippen LogP contribution >= 0.6 is 11.8 Å². The van der Waals surface area contributed by atoms with E-state index in [1.807, 2.05) is 10.3 Å². The Bertz CT molecular complexity index is 519. The summed E-state index contributed by atoms with van der Waals surface area (Å²) in [4.78, 5) is 5.50. The van der Waals surface area contributed by atoms with E-state index in [0.717, 1.165) is 10.5 Å². The fourth-order valence-electron chi connectivity index (χ4n) is 5.54. The van der Waals surface area contributed by atoms with Crippen LogP contribution in [-0.2, 0) is 0 Å². The molecular formula is C24H46N2SSi2. The van der Waals surface area contributed by atoms with E-state index >= 15 is 0 Å². The van der Waals surface area contributed by atoms with E-state index in [9.17, 15) is 0 Å². The predicted octanol–water partition coefficient (Wildman–Crippen LogP) is 5.02. The van der Waals surface area contributed by atoms with Crippen molar-refractivity contribution in [1.29, 1.82) is 0 Å². The van der Waals surface area contributed by atoms with E-state index in [2.05, 4.69) is 47.7 Å². The van der Waals surface area contributed by atoms with Gasteiger partial charge in [-0.25, -0.2) is 0 Å². The molecule has 0 spiro atoms. The molecule has 3 rings (SSSR count). The first kappa shape index (κ1) is 24.1. The zero-order valence-electron chi connectivity index (χ0n) is 19.8. The maximum Gasteiger partial charge on any atom is 0.0224 e. The third kappa shape index (κ3) is 7.52. The Hall–Kier alpha value is 0.444. The van der Waals surface area contributed by atoms with Crippen molar-refractivity contribution >= 4 is 38.9 Å². The first-order valence-electron chi connectivity index (χ1n) is 12.5. The van der Waals surface area contributed by atoms with Crippen molar-refractivity contribution in [3.8, 4) is 0 Å². The highest BCUT2D eigenvalue weighted by atomic mass is 32.2. The summed E-state index contributed by atoms with van der Waals surface area (Å²) in [5, 5.41) is 5.70. The molecule has 0 saturated carbocycles. The molecule has 3 aliphatic rings. The minimum atomic E-state index is -0.293. The summed E-state index contributed by atoms with van der Waals surface area (Å²) in [5.74, 6) is 0. The molecule has 3 aliphatic heterocycles. The van der Waals surface area contributed by atoms with Gasteiger partial charge >= 0.3 is 0 Å². The lowest BCUT2D eigenvalue weighted by molar-refractivity contribution is 0.235. The Balaban J connectivity index is 1.53. The maximum absolute atomic E-state index is 2.75. The lowest BCUT2D eigenvalue weighted by Gasteiger charge is -2.29. The first-order valence-corrected chi connectivity index (χ1v) is 18.4. The van der Waals surface area contributed by atoms with Crippen LogP contribution in [0.3, 0.4) is 0 Å². The molecule has 3 heterocycles. The number of nitrogens with zero attached hydrogens (tertiary/aromatic N) is 2. The Morgan fingerprint density at radius 1 is 0.655 bits per heavy atom. The van der Waals surface area contributed by atoms with Gasteiger partial charge in [0.2, 0.25) is 0 Å². The topological polar surface area (TPSA) is 6.48 Å². The largest absolute Gasteiger partial charge is 0.303 e. The number of thioether (sulfide) groups is 1. The number of piperidine rings is 2. The molecule has 0 bridgehead atoms. The predicted molar refractivity (Wildman–Crippen MR) is 139 cm³/mol. The van der Waals surface area contributed by atoms with Gasteiger partial charge in [0.15, 0.2) is 0 Å². The molecule has 0 radical (unpaired) electrons. The van der Waals surface area contributed by atoms with Crippen LogP contribution in [0.1, 0.15) is 64.2 Å². The Morgan fingerprint density at radius 2 is 1.03 bits per heavy atom. The van der Waals surface area contributed by atoms with E-state index in [1.165, 1.54) is 103 Å². The average molecular weight is 451 g/mol. The molecule has 166 valence electrons. The van der Waals surface area contributed by atoms with Crippen LogP contribution in [0.5, 0.6) is 0 Å². The monoisotopic (exact) mass is 450 g/mol. The highest BCUT2D eigenvalue weighted by molar-refractivity contribution is 8.02. The van der Waals surface area contributed by atoms with Crippen molar-refractivity contribution in [2.45, 2.75) is 101 Å². The van der Waals surface area contributed by atoms with Gasteiger partial charge in [0, 0.05) is 40.4 Å². The van der Waals surface area contributed by atoms with Crippen molar-refractivity contribution in [3.63, 3.8) is 0 Å². The summed E-state index contributed by atoms with van der Waals surface area (Å²) in [7, 11) is -0.587. The van der Waals surface area contributed by atoms with Gasteiger partial charge in [0.05, 0.1) is 0 Å². The van der Waals surface area contributed by atoms with Crippen molar-refractivity contribution in [2.24, 2.45) is 0 Å². The smallest absolute Gasteiger partial charge is 0.0224 e. The second-order valence-corrected chi connectivity index (χ2v) is 16.7. The third-order valence-corrected chi connectivity index (χ3v) is 13.3. The lowest BCUT2D eigenvalue weighted by Crippen LogP contribution is -2.35. The number of rotatable bonds is 8. The molecule has 0 aromatic carbocycles. The standard InChI is InChI=1S/C24H46N2SSi2/c1-28(2)23(13-19-25-15-7-5-8-16-25)21-11-12-22(27-21)24(29(3)4)14-20-26-17-9-6-10-18-26/h21-22H,5-20H2,1-4H3. The summed E-state index contributed by atoms with van der Waals surface area (Å²) in [6.07, 6.45) is 14.3. The van der Waals surface area contributed by atoms with Crippen molar-refractivity contribution in [2.75, 3.05) is 39.3 Å². The Kier molecular flexibility index (Phi) is 10.4. The molecule has 0 N–H and O–H groups in total. The van der Waals surface area contributed by atoms with Gasteiger partial charge in [0.1, 0.15) is 0 Å². The van der Waals surface area contributed by atoms with Gasteiger partial charge < -0.3 is 9.80 Å². The van der Waals surface area contributed by atoms with Crippen LogP contribution in [0.15, 0.2) is 0 Å². The number of hydrogen-bond donors (Lipinski definition) is 0. The van der Waals surface area contributed by atoms with E-state index in [-0.39, 0.29) is 16.8 Å². The Morgan fingerprint density at radius 3 is 1.38 bits per heavy atom. The zero-order valence-corrected chi connectivity index (χ0v) is 22.6. The first-order chi connectivity index (χ1) is 14.0. The number of hydrogen-bond acceptors (Lipinski definition) is 3. The van der Waals surface area contributed by atoms with Gasteiger partial charge in [0.25, 0.3) is 0 Å². The van der Waals surface area contributed by atoms with Crippen molar-refractivity contribution in [3.05, 3.63) is 0 Å². The van der Waals surface area contributed by atoms with Gasteiger partial charge in [-0.05, 0) is 77.5 Å². The SMILES string of the molecule is C[Si](C)=C(CCN1CCCCC1)C1CCC(C(CCN2CCCCC2)=[Si](C)C)S1. The molecule has 2 unspecified atom stereocenters. The van der Waals surface area contributed by atoms with Gasteiger partial charge in [-0.15, -0.1) is 11.8 Å². The molecule has 0 aromatic rings. The molecule has 3 saturated heterocycles. The lowest BCUT2D eigenvalue weighted by atomic mass is 10.1. The quantitative estimate of drug-likeness (QED) is 0.479. The van der Waals surface area contributed by atoms with Crippen molar-refractivity contribution in [1.82, 2.24) is 9.80 Å². The molecule has 2 atom stereocenters. The van der Waals surface area contributed by atoms with Crippen LogP contribution in [0.2, 0.25) is 26.2 Å². The molecule has 0 amide bonds. The summed E-state index contributed by atoms with van der Waals surface area (Å²) < 4.78 is 0. The van der Waals surface area contributed by atoms with Crippen LogP contribution in [-0.4, -0.2) is 86.7 Å². The molecule has 2 nitrogen and oxygen atoms in total. The van der Waals surface area contributed by atoms with Crippen molar-refractivity contribution < 1.29 is 0 Å². The fraction of sp³-hybridized carbons (Fsp3) is 0.917. The molecule has 0 aliphatic carbocycles. The molecular weight excluding hydrogens is 405 g/mol. The van der Waals surface area contributed by atoms with Crippen LogP contribution < -0.4 is 0 Å². The fourth-order valence-corrected chi connectivity index (χ4v) is 11.7. The van der Waals surface area contributed by atoms with Gasteiger partial charge in [-0.1, -0.05) is 49.4 Å². The molecule has 0 aromatic heterocycles. The van der Waals surface area contributed by atoms with Crippen LogP contribution in [0.4, 0.5) is 0 Å². The van der Waals surface area contributed by atoms with Gasteiger partial charge in [-0.3, -0.25) is 0 Å². The van der Waals surface area contributed by atoms with Crippen LogP contribution in [0, 0.1) is 0 Å². The second-order valence-electron chi connectivity index (χ2n) is 10.0. The van der Waals surface area contributed by atoms with E-state index in [1.54, 1.807) is 0 Å². The van der Waals surface area contributed by atoms with E-state index < -0.39 is 0 Å². The van der Waals surface area contributed by atoms with E-state index in [0.29, 0.717) is 0 Å². The van der Waals surface area contributed by atoms with Crippen LogP contribution in [0.25, 0.3) is 0 Å². The molecule has 3 fully saturated rings. The summed E-state index contributed by atoms with van der Waals surface area (Å²) >= 11 is 2.40.